The average Bonchev–Trinajstić information content (AvgIpc) is 3.00. The van der Waals surface area contributed by atoms with E-state index in [0.717, 1.165) is 43.5 Å². The molecule has 0 N–H and O–H groups in total. The fraction of sp³-hybridized carbons (Fsp3) is 0.684. The summed E-state index contributed by atoms with van der Waals surface area (Å²) >= 11 is 0. The number of nitrogens with zero attached hydrogens (tertiary/aromatic N) is 2. The van der Waals surface area contributed by atoms with E-state index in [9.17, 15) is 8.42 Å². The summed E-state index contributed by atoms with van der Waals surface area (Å²) in [6.07, 6.45) is 2.62. The van der Waals surface area contributed by atoms with Crippen LogP contribution in [-0.2, 0) is 20.5 Å². The number of ether oxygens (including phenoxy) is 1. The molecule has 0 aromatic heterocycles. The normalized spacial score (nSPS) is 24.2. The topological polar surface area (TPSA) is 49.9 Å². The van der Waals surface area contributed by atoms with Crippen LogP contribution >= 0.6 is 0 Å². The van der Waals surface area contributed by atoms with E-state index in [1.54, 1.807) is 4.31 Å². The average molecular weight is 367 g/mol. The zero-order valence-electron chi connectivity index (χ0n) is 15.6. The van der Waals surface area contributed by atoms with E-state index in [0.29, 0.717) is 19.1 Å². The lowest BCUT2D eigenvalue weighted by molar-refractivity contribution is -0.0316. The molecule has 140 valence electrons. The molecule has 0 saturated carbocycles. The Kier molecular flexibility index (Phi) is 5.54. The second kappa shape index (κ2) is 7.35. The molecule has 3 rings (SSSR count). The van der Waals surface area contributed by atoms with Crippen molar-refractivity contribution in [2.24, 2.45) is 0 Å². The van der Waals surface area contributed by atoms with Crippen LogP contribution in [0.25, 0.3) is 0 Å². The van der Waals surface area contributed by atoms with E-state index < -0.39 is 10.0 Å². The van der Waals surface area contributed by atoms with Crippen molar-refractivity contribution in [1.29, 1.82) is 0 Å². The first-order valence-corrected chi connectivity index (χ1v) is 10.8. The lowest BCUT2D eigenvalue weighted by Gasteiger charge is -2.38. The van der Waals surface area contributed by atoms with Gasteiger partial charge in [-0.25, -0.2) is 12.7 Å². The van der Waals surface area contributed by atoms with Crippen molar-refractivity contribution in [3.8, 4) is 0 Å². The largest absolute Gasteiger partial charge is 0.373 e. The van der Waals surface area contributed by atoms with Crippen LogP contribution in [0.15, 0.2) is 24.3 Å². The van der Waals surface area contributed by atoms with Gasteiger partial charge in [-0.3, -0.25) is 0 Å². The third-order valence-corrected chi connectivity index (χ3v) is 7.66. The summed E-state index contributed by atoms with van der Waals surface area (Å²) in [4.78, 5) is 2.33. The van der Waals surface area contributed by atoms with Crippen LogP contribution in [0.3, 0.4) is 0 Å². The molecule has 2 aliphatic rings. The molecule has 1 atom stereocenters. The van der Waals surface area contributed by atoms with Crippen LogP contribution in [0.2, 0.25) is 0 Å². The van der Waals surface area contributed by atoms with Gasteiger partial charge in [-0.2, -0.15) is 0 Å². The highest BCUT2D eigenvalue weighted by atomic mass is 32.2. The van der Waals surface area contributed by atoms with Crippen LogP contribution in [0.1, 0.15) is 37.3 Å². The molecule has 2 aliphatic heterocycles. The van der Waals surface area contributed by atoms with Gasteiger partial charge in [0, 0.05) is 19.1 Å². The molecular weight excluding hydrogens is 336 g/mol. The van der Waals surface area contributed by atoms with Gasteiger partial charge in [0.2, 0.25) is 10.0 Å². The monoisotopic (exact) mass is 366 g/mol. The molecule has 2 heterocycles. The van der Waals surface area contributed by atoms with E-state index in [-0.39, 0.29) is 11.4 Å². The third-order valence-electron chi connectivity index (χ3n) is 5.81. The summed E-state index contributed by atoms with van der Waals surface area (Å²) in [6.45, 7) is 7.08. The molecule has 2 saturated heterocycles. The predicted octanol–water partition coefficient (Wildman–Crippen LogP) is 2.40. The van der Waals surface area contributed by atoms with E-state index in [4.69, 9.17) is 4.74 Å². The Bertz CT molecular complexity index is 679. The number of sulfonamides is 1. The van der Waals surface area contributed by atoms with Crippen molar-refractivity contribution in [2.75, 3.05) is 33.3 Å². The summed E-state index contributed by atoms with van der Waals surface area (Å²) in [5, 5.41) is 0. The maximum absolute atomic E-state index is 12.7. The van der Waals surface area contributed by atoms with Gasteiger partial charge in [0.1, 0.15) is 0 Å². The number of benzene rings is 1. The SMILES string of the molecule is CCN(C)C1COC2(CCN(S(=O)(=O)Cc3ccc(C)cc3)CC2)C1. The molecule has 1 spiro atoms. The highest BCUT2D eigenvalue weighted by Crippen LogP contribution is 2.38. The number of likely N-dealkylation sites (N-methyl/N-ethyl adjacent to an activating group) is 1. The molecule has 1 unspecified atom stereocenters. The molecule has 2 fully saturated rings. The molecule has 0 bridgehead atoms. The molecule has 6 heteroatoms. The first kappa shape index (κ1) is 18.8. The zero-order valence-corrected chi connectivity index (χ0v) is 16.4. The van der Waals surface area contributed by atoms with E-state index in [1.807, 2.05) is 31.2 Å². The van der Waals surface area contributed by atoms with Crippen LogP contribution in [-0.4, -0.2) is 62.6 Å². The van der Waals surface area contributed by atoms with E-state index >= 15 is 0 Å². The lowest BCUT2D eigenvalue weighted by Crippen LogP contribution is -2.47. The number of hydrogen-bond acceptors (Lipinski definition) is 4. The van der Waals surface area contributed by atoms with Gasteiger partial charge >= 0.3 is 0 Å². The Hall–Kier alpha value is -0.950. The Balaban J connectivity index is 1.59. The molecular formula is C19H30N2O3S. The van der Waals surface area contributed by atoms with Crippen molar-refractivity contribution in [1.82, 2.24) is 9.21 Å². The molecule has 25 heavy (non-hydrogen) atoms. The van der Waals surface area contributed by atoms with Crippen LogP contribution in [0, 0.1) is 6.92 Å². The smallest absolute Gasteiger partial charge is 0.218 e. The van der Waals surface area contributed by atoms with Crippen molar-refractivity contribution in [3.63, 3.8) is 0 Å². The van der Waals surface area contributed by atoms with Crippen LogP contribution in [0.5, 0.6) is 0 Å². The Morgan fingerprint density at radius 1 is 1.24 bits per heavy atom. The fourth-order valence-electron chi connectivity index (χ4n) is 3.87. The van der Waals surface area contributed by atoms with Gasteiger partial charge in [0.25, 0.3) is 0 Å². The van der Waals surface area contributed by atoms with Gasteiger partial charge in [-0.05, 0) is 45.3 Å². The Morgan fingerprint density at radius 2 is 1.88 bits per heavy atom. The summed E-state index contributed by atoms with van der Waals surface area (Å²) in [7, 11) is -1.13. The summed E-state index contributed by atoms with van der Waals surface area (Å²) in [5.41, 5.74) is 1.88. The highest BCUT2D eigenvalue weighted by Gasteiger charge is 2.45. The Morgan fingerprint density at radius 3 is 2.48 bits per heavy atom. The molecule has 0 amide bonds. The van der Waals surface area contributed by atoms with Crippen molar-refractivity contribution in [2.45, 2.75) is 50.5 Å². The Labute approximate surface area is 152 Å². The molecule has 1 aromatic carbocycles. The maximum Gasteiger partial charge on any atom is 0.218 e. The number of aryl methyl sites for hydroxylation is 1. The molecule has 0 radical (unpaired) electrons. The van der Waals surface area contributed by atoms with E-state index in [2.05, 4.69) is 18.9 Å². The quantitative estimate of drug-likeness (QED) is 0.803. The number of hydrogen-bond donors (Lipinski definition) is 0. The molecule has 0 aliphatic carbocycles. The fourth-order valence-corrected chi connectivity index (χ4v) is 5.40. The van der Waals surface area contributed by atoms with E-state index in [1.165, 1.54) is 0 Å². The van der Waals surface area contributed by atoms with Gasteiger partial charge in [0.05, 0.1) is 18.0 Å². The minimum atomic E-state index is -3.26. The second-order valence-electron chi connectivity index (χ2n) is 7.57. The lowest BCUT2D eigenvalue weighted by atomic mass is 9.88. The van der Waals surface area contributed by atoms with Gasteiger partial charge < -0.3 is 9.64 Å². The van der Waals surface area contributed by atoms with Crippen molar-refractivity contribution in [3.05, 3.63) is 35.4 Å². The first-order chi connectivity index (χ1) is 11.8. The van der Waals surface area contributed by atoms with Gasteiger partial charge in [-0.1, -0.05) is 36.8 Å². The third kappa shape index (κ3) is 4.25. The standard InChI is InChI=1S/C19H30N2O3S/c1-4-20(3)18-13-19(24-14-18)9-11-21(12-10-19)25(22,23)15-17-7-5-16(2)6-8-17/h5-8,18H,4,9-15H2,1-3H3. The number of rotatable bonds is 5. The van der Waals surface area contributed by atoms with Crippen molar-refractivity contribution < 1.29 is 13.2 Å². The molecule has 1 aromatic rings. The predicted molar refractivity (Wildman–Crippen MR) is 100 cm³/mol. The van der Waals surface area contributed by atoms with Crippen molar-refractivity contribution >= 4 is 10.0 Å². The van der Waals surface area contributed by atoms with Gasteiger partial charge in [-0.15, -0.1) is 0 Å². The minimum absolute atomic E-state index is 0.0856. The van der Waals surface area contributed by atoms with Gasteiger partial charge in [0.15, 0.2) is 0 Å². The first-order valence-electron chi connectivity index (χ1n) is 9.21. The maximum atomic E-state index is 12.7. The zero-order chi connectivity index (χ0) is 18.1. The van der Waals surface area contributed by atoms with Crippen LogP contribution in [0.4, 0.5) is 0 Å². The summed E-state index contributed by atoms with van der Waals surface area (Å²) in [5.74, 6) is 0.0856. The van der Waals surface area contributed by atoms with Crippen LogP contribution < -0.4 is 0 Å². The number of piperidine rings is 1. The minimum Gasteiger partial charge on any atom is -0.373 e. The molecule has 5 nitrogen and oxygen atoms in total. The summed E-state index contributed by atoms with van der Waals surface area (Å²) in [6, 6.07) is 8.20. The summed E-state index contributed by atoms with van der Waals surface area (Å²) < 4.78 is 33.3. The highest BCUT2D eigenvalue weighted by molar-refractivity contribution is 7.88. The second-order valence-corrected chi connectivity index (χ2v) is 9.53.